The van der Waals surface area contributed by atoms with Gasteiger partial charge in [-0.15, -0.1) is 0 Å². The number of carbonyl (C=O) groups is 2. The molecule has 2 nitrogen and oxygen atoms in total. The van der Waals surface area contributed by atoms with Crippen molar-refractivity contribution in [3.63, 3.8) is 0 Å². The van der Waals surface area contributed by atoms with Crippen LogP contribution in [0.3, 0.4) is 0 Å². The van der Waals surface area contributed by atoms with Crippen LogP contribution in [0.1, 0.15) is 31.8 Å². The van der Waals surface area contributed by atoms with Gasteiger partial charge in [-0.3, -0.25) is 9.59 Å². The van der Waals surface area contributed by atoms with Gasteiger partial charge >= 0.3 is 0 Å². The smallest absolute Gasteiger partial charge is 0.196 e. The first-order valence-corrected chi connectivity index (χ1v) is 6.34. The van der Waals surface area contributed by atoms with Crippen LogP contribution in [0.25, 0.3) is 0 Å². The summed E-state index contributed by atoms with van der Waals surface area (Å²) in [5, 5.41) is 0.328. The van der Waals surface area contributed by atoms with Crippen molar-refractivity contribution in [1.82, 2.24) is 0 Å². The van der Waals surface area contributed by atoms with E-state index in [0.29, 0.717) is 11.8 Å². The quantitative estimate of drug-likeness (QED) is 0.623. The lowest BCUT2D eigenvalue weighted by atomic mass is 10.0. The van der Waals surface area contributed by atoms with E-state index in [1.54, 1.807) is 12.1 Å². The highest BCUT2D eigenvalue weighted by atomic mass is 35.5. The van der Waals surface area contributed by atoms with E-state index in [4.69, 9.17) is 23.2 Å². The minimum absolute atomic E-state index is 0.0908. The van der Waals surface area contributed by atoms with Gasteiger partial charge in [0.2, 0.25) is 0 Å². The number of ketones is 1. The molecule has 2 aromatic carbocycles. The molecule has 0 fully saturated rings. The Morgan fingerprint density at radius 2 is 1.68 bits per heavy atom. The molecule has 19 heavy (non-hydrogen) atoms. The fourth-order valence-electron chi connectivity index (χ4n) is 1.72. The Bertz CT molecular complexity index is 646. The summed E-state index contributed by atoms with van der Waals surface area (Å²) in [6, 6.07) is 10.1. The van der Waals surface area contributed by atoms with Gasteiger partial charge in [0.25, 0.3) is 0 Å². The van der Waals surface area contributed by atoms with Crippen molar-refractivity contribution in [2.24, 2.45) is 0 Å². The molecule has 0 N–H and O–H groups in total. The van der Waals surface area contributed by atoms with E-state index in [0.717, 1.165) is 5.56 Å². The second kappa shape index (κ2) is 5.55. The molecule has 0 aliphatic heterocycles. The van der Waals surface area contributed by atoms with Crippen molar-refractivity contribution < 1.29 is 9.59 Å². The number of rotatable bonds is 3. The standard InChI is InChI=1S/C15H10Cl2O2/c1-9-2-4-10(5-3-9)15(19)13-12(16)7-6-11(8-18)14(13)17/h2-8H,1H3. The van der Waals surface area contributed by atoms with Crippen LogP contribution in [0.4, 0.5) is 0 Å². The maximum absolute atomic E-state index is 12.4. The third-order valence-corrected chi connectivity index (χ3v) is 3.51. The molecule has 0 bridgehead atoms. The normalized spacial score (nSPS) is 10.3. The number of hydrogen-bond donors (Lipinski definition) is 0. The van der Waals surface area contributed by atoms with E-state index >= 15 is 0 Å². The monoisotopic (exact) mass is 292 g/mol. The Kier molecular flexibility index (Phi) is 4.03. The van der Waals surface area contributed by atoms with Crippen LogP contribution in [-0.2, 0) is 0 Å². The van der Waals surface area contributed by atoms with Gasteiger partial charge in [0.1, 0.15) is 0 Å². The van der Waals surface area contributed by atoms with Gasteiger partial charge in [-0.05, 0) is 19.1 Å². The van der Waals surface area contributed by atoms with E-state index in [1.807, 2.05) is 19.1 Å². The van der Waals surface area contributed by atoms with Crippen molar-refractivity contribution in [1.29, 1.82) is 0 Å². The number of hydrogen-bond acceptors (Lipinski definition) is 2. The van der Waals surface area contributed by atoms with Crippen LogP contribution in [0.5, 0.6) is 0 Å². The predicted octanol–water partition coefficient (Wildman–Crippen LogP) is 4.35. The summed E-state index contributed by atoms with van der Waals surface area (Å²) in [5.74, 6) is -0.293. The molecule has 0 aliphatic carbocycles. The van der Waals surface area contributed by atoms with Gasteiger partial charge in [-0.25, -0.2) is 0 Å². The SMILES string of the molecule is Cc1ccc(C(=O)c2c(Cl)ccc(C=O)c2Cl)cc1. The molecule has 0 unspecified atom stereocenters. The Balaban J connectivity index is 2.55. The first kappa shape index (κ1) is 13.8. The molecular formula is C15H10Cl2O2. The topological polar surface area (TPSA) is 34.1 Å². The molecule has 0 heterocycles. The van der Waals surface area contributed by atoms with Crippen LogP contribution in [-0.4, -0.2) is 12.1 Å². The lowest BCUT2D eigenvalue weighted by Gasteiger charge is -2.08. The highest BCUT2D eigenvalue weighted by molar-refractivity contribution is 6.42. The molecule has 0 saturated heterocycles. The molecule has 0 aliphatic rings. The Morgan fingerprint density at radius 3 is 2.26 bits per heavy atom. The van der Waals surface area contributed by atoms with Gasteiger partial charge in [0, 0.05) is 11.1 Å². The van der Waals surface area contributed by atoms with Gasteiger partial charge in [0.05, 0.1) is 15.6 Å². The average Bonchev–Trinajstić information content (AvgIpc) is 2.39. The first-order chi connectivity index (χ1) is 9.04. The molecule has 4 heteroatoms. The van der Waals surface area contributed by atoms with E-state index in [9.17, 15) is 9.59 Å². The molecule has 0 saturated carbocycles. The molecule has 96 valence electrons. The number of aryl methyl sites for hydroxylation is 1. The van der Waals surface area contributed by atoms with Crippen molar-refractivity contribution in [3.8, 4) is 0 Å². The summed E-state index contributed by atoms with van der Waals surface area (Å²) in [6.45, 7) is 1.93. The molecule has 0 atom stereocenters. The zero-order chi connectivity index (χ0) is 14.0. The molecular weight excluding hydrogens is 283 g/mol. The average molecular weight is 293 g/mol. The fraction of sp³-hybridized carbons (Fsp3) is 0.0667. The molecule has 0 spiro atoms. The van der Waals surface area contributed by atoms with E-state index in [1.165, 1.54) is 12.1 Å². The zero-order valence-electron chi connectivity index (χ0n) is 10.1. The minimum atomic E-state index is -0.293. The summed E-state index contributed by atoms with van der Waals surface area (Å²) in [5.41, 5.74) is 1.95. The fourth-order valence-corrected chi connectivity index (χ4v) is 2.30. The Labute approximate surface area is 121 Å². The highest BCUT2D eigenvalue weighted by Gasteiger charge is 2.19. The summed E-state index contributed by atoms with van der Waals surface area (Å²) in [4.78, 5) is 23.2. The van der Waals surface area contributed by atoms with Crippen LogP contribution in [0.2, 0.25) is 10.0 Å². The number of benzene rings is 2. The number of aldehydes is 1. The van der Waals surface area contributed by atoms with Crippen LogP contribution < -0.4 is 0 Å². The van der Waals surface area contributed by atoms with Crippen molar-refractivity contribution in [2.45, 2.75) is 6.92 Å². The Hall–Kier alpha value is -1.64. The zero-order valence-corrected chi connectivity index (χ0v) is 11.6. The second-order valence-corrected chi connectivity index (χ2v) is 4.92. The van der Waals surface area contributed by atoms with Crippen molar-refractivity contribution in [3.05, 3.63) is 68.7 Å². The van der Waals surface area contributed by atoms with Gasteiger partial charge in [-0.2, -0.15) is 0 Å². The van der Waals surface area contributed by atoms with Gasteiger partial charge in [0.15, 0.2) is 12.1 Å². The minimum Gasteiger partial charge on any atom is -0.298 e. The van der Waals surface area contributed by atoms with Crippen LogP contribution in [0, 0.1) is 6.92 Å². The molecule has 0 radical (unpaired) electrons. The second-order valence-electron chi connectivity index (χ2n) is 4.14. The first-order valence-electron chi connectivity index (χ1n) is 5.59. The molecule has 0 amide bonds. The lowest BCUT2D eigenvalue weighted by Crippen LogP contribution is -2.04. The third-order valence-electron chi connectivity index (χ3n) is 2.79. The highest BCUT2D eigenvalue weighted by Crippen LogP contribution is 2.29. The van der Waals surface area contributed by atoms with Crippen molar-refractivity contribution >= 4 is 35.3 Å². The summed E-state index contributed by atoms with van der Waals surface area (Å²) in [7, 11) is 0. The van der Waals surface area contributed by atoms with Crippen molar-refractivity contribution in [2.75, 3.05) is 0 Å². The van der Waals surface area contributed by atoms with Crippen LogP contribution in [0.15, 0.2) is 36.4 Å². The number of carbonyl (C=O) groups excluding carboxylic acids is 2. The van der Waals surface area contributed by atoms with E-state index in [-0.39, 0.29) is 27.0 Å². The Morgan fingerprint density at radius 1 is 1.05 bits per heavy atom. The summed E-state index contributed by atoms with van der Waals surface area (Å²) >= 11 is 12.1. The summed E-state index contributed by atoms with van der Waals surface area (Å²) < 4.78 is 0. The maximum Gasteiger partial charge on any atom is 0.196 e. The number of halogens is 2. The van der Waals surface area contributed by atoms with Gasteiger partial charge in [-0.1, -0.05) is 53.0 Å². The van der Waals surface area contributed by atoms with Gasteiger partial charge < -0.3 is 0 Å². The van der Waals surface area contributed by atoms with Crippen LogP contribution >= 0.6 is 23.2 Å². The predicted molar refractivity (Wildman–Crippen MR) is 76.5 cm³/mol. The molecule has 2 rings (SSSR count). The largest absolute Gasteiger partial charge is 0.298 e. The lowest BCUT2D eigenvalue weighted by molar-refractivity contribution is 0.103. The van der Waals surface area contributed by atoms with E-state index < -0.39 is 0 Å². The summed E-state index contributed by atoms with van der Waals surface area (Å²) in [6.07, 6.45) is 0.602. The third kappa shape index (κ3) is 2.70. The molecule has 2 aromatic rings. The molecule has 0 aromatic heterocycles. The van der Waals surface area contributed by atoms with E-state index in [2.05, 4.69) is 0 Å². The maximum atomic E-state index is 12.4.